The van der Waals surface area contributed by atoms with Gasteiger partial charge in [0.05, 0.1) is 6.54 Å². The normalized spacial score (nSPS) is 21.3. The molecule has 2 saturated heterocycles. The Morgan fingerprint density at radius 3 is 2.95 bits per heavy atom. The molecule has 0 atom stereocenters. The number of amides is 1. The van der Waals surface area contributed by atoms with Crippen molar-refractivity contribution in [3.63, 3.8) is 0 Å². The van der Waals surface area contributed by atoms with Gasteiger partial charge in [0.15, 0.2) is 0 Å². The van der Waals surface area contributed by atoms with Gasteiger partial charge in [-0.15, -0.1) is 0 Å². The van der Waals surface area contributed by atoms with E-state index in [2.05, 4.69) is 15.3 Å². The van der Waals surface area contributed by atoms with Crippen LogP contribution in [-0.2, 0) is 9.53 Å². The van der Waals surface area contributed by atoms with Gasteiger partial charge in [0.25, 0.3) is 0 Å². The summed E-state index contributed by atoms with van der Waals surface area (Å²) < 4.78 is 5.38. The number of ether oxygens (including phenoxy) is 1. The third-order valence-electron chi connectivity index (χ3n) is 3.68. The fourth-order valence-corrected chi connectivity index (χ4v) is 2.59. The largest absolute Gasteiger partial charge is 0.381 e. The van der Waals surface area contributed by atoms with E-state index in [0.29, 0.717) is 19.0 Å². The van der Waals surface area contributed by atoms with Crippen molar-refractivity contribution in [1.82, 2.24) is 15.3 Å². The van der Waals surface area contributed by atoms with E-state index >= 15 is 0 Å². The van der Waals surface area contributed by atoms with Gasteiger partial charge < -0.3 is 15.0 Å². The number of anilines is 1. The van der Waals surface area contributed by atoms with Crippen LogP contribution in [0, 0.1) is 0 Å². The quantitative estimate of drug-likeness (QED) is 0.830. The SMILES string of the molecule is O=C1CN(c2cc(C3CCOCC3)ncn2)CCN1. The van der Waals surface area contributed by atoms with E-state index in [1.54, 1.807) is 6.33 Å². The molecule has 0 bridgehead atoms. The zero-order valence-electron chi connectivity index (χ0n) is 10.8. The molecule has 102 valence electrons. The molecule has 3 rings (SSSR count). The Kier molecular flexibility index (Phi) is 3.59. The van der Waals surface area contributed by atoms with E-state index in [4.69, 9.17) is 4.74 Å². The molecule has 1 aromatic heterocycles. The number of carbonyl (C=O) groups excluding carboxylic acids is 1. The van der Waals surface area contributed by atoms with Gasteiger partial charge in [-0.3, -0.25) is 4.79 Å². The van der Waals surface area contributed by atoms with Crippen LogP contribution in [0.15, 0.2) is 12.4 Å². The highest BCUT2D eigenvalue weighted by atomic mass is 16.5. The van der Waals surface area contributed by atoms with Crippen molar-refractivity contribution in [1.29, 1.82) is 0 Å². The monoisotopic (exact) mass is 262 g/mol. The first kappa shape index (κ1) is 12.3. The lowest BCUT2D eigenvalue weighted by Gasteiger charge is -2.28. The second kappa shape index (κ2) is 5.52. The highest BCUT2D eigenvalue weighted by Gasteiger charge is 2.21. The third kappa shape index (κ3) is 2.84. The Hall–Kier alpha value is -1.69. The summed E-state index contributed by atoms with van der Waals surface area (Å²) in [4.78, 5) is 22.1. The molecule has 6 nitrogen and oxygen atoms in total. The van der Waals surface area contributed by atoms with Gasteiger partial charge in [-0.2, -0.15) is 0 Å². The second-order valence-corrected chi connectivity index (χ2v) is 4.96. The number of hydrogen-bond acceptors (Lipinski definition) is 5. The smallest absolute Gasteiger partial charge is 0.239 e. The lowest BCUT2D eigenvalue weighted by molar-refractivity contribution is -0.120. The summed E-state index contributed by atoms with van der Waals surface area (Å²) >= 11 is 0. The maximum absolute atomic E-state index is 11.4. The van der Waals surface area contributed by atoms with Crippen molar-refractivity contribution in [2.24, 2.45) is 0 Å². The van der Waals surface area contributed by atoms with Gasteiger partial charge in [0.1, 0.15) is 12.1 Å². The van der Waals surface area contributed by atoms with Crippen molar-refractivity contribution in [3.05, 3.63) is 18.1 Å². The van der Waals surface area contributed by atoms with Crippen LogP contribution in [-0.4, -0.2) is 48.7 Å². The number of aromatic nitrogens is 2. The number of nitrogens with zero attached hydrogens (tertiary/aromatic N) is 3. The van der Waals surface area contributed by atoms with Crippen molar-refractivity contribution in [3.8, 4) is 0 Å². The predicted octanol–water partition coefficient (Wildman–Crippen LogP) is 0.307. The summed E-state index contributed by atoms with van der Waals surface area (Å²) in [6.45, 7) is 3.46. The Bertz CT molecular complexity index is 460. The maximum Gasteiger partial charge on any atom is 0.239 e. The van der Waals surface area contributed by atoms with Crippen LogP contribution in [0.1, 0.15) is 24.5 Å². The lowest BCUT2D eigenvalue weighted by Crippen LogP contribution is -2.48. The predicted molar refractivity (Wildman–Crippen MR) is 70.0 cm³/mol. The summed E-state index contributed by atoms with van der Waals surface area (Å²) in [6, 6.07) is 2.02. The number of rotatable bonds is 2. The average Bonchev–Trinajstić information content (AvgIpc) is 2.48. The first-order chi connectivity index (χ1) is 9.33. The van der Waals surface area contributed by atoms with E-state index in [1.807, 2.05) is 11.0 Å². The Morgan fingerprint density at radius 1 is 1.32 bits per heavy atom. The number of piperazine rings is 1. The van der Waals surface area contributed by atoms with Crippen molar-refractivity contribution < 1.29 is 9.53 Å². The molecule has 0 saturated carbocycles. The van der Waals surface area contributed by atoms with Crippen molar-refractivity contribution in [2.75, 3.05) is 37.7 Å². The topological polar surface area (TPSA) is 67.4 Å². The minimum Gasteiger partial charge on any atom is -0.381 e. The fraction of sp³-hybridized carbons (Fsp3) is 0.615. The van der Waals surface area contributed by atoms with Crippen molar-refractivity contribution in [2.45, 2.75) is 18.8 Å². The Labute approximate surface area is 112 Å². The maximum atomic E-state index is 11.4. The van der Waals surface area contributed by atoms with Gasteiger partial charge in [0.2, 0.25) is 5.91 Å². The molecule has 0 spiro atoms. The molecule has 2 aliphatic rings. The Balaban J connectivity index is 1.76. The summed E-state index contributed by atoms with van der Waals surface area (Å²) in [6.07, 6.45) is 3.63. The van der Waals surface area contributed by atoms with Gasteiger partial charge in [-0.05, 0) is 12.8 Å². The molecule has 1 N–H and O–H groups in total. The van der Waals surface area contributed by atoms with Crippen LogP contribution in [0.2, 0.25) is 0 Å². The van der Waals surface area contributed by atoms with E-state index < -0.39 is 0 Å². The molecule has 0 aliphatic carbocycles. The second-order valence-electron chi connectivity index (χ2n) is 4.96. The fourth-order valence-electron chi connectivity index (χ4n) is 2.59. The molecule has 0 aromatic carbocycles. The first-order valence-corrected chi connectivity index (χ1v) is 6.74. The van der Waals surface area contributed by atoms with E-state index in [1.165, 1.54) is 0 Å². The van der Waals surface area contributed by atoms with Gasteiger partial charge in [-0.25, -0.2) is 9.97 Å². The first-order valence-electron chi connectivity index (χ1n) is 6.74. The highest BCUT2D eigenvalue weighted by Crippen LogP contribution is 2.26. The van der Waals surface area contributed by atoms with Crippen LogP contribution >= 0.6 is 0 Å². The van der Waals surface area contributed by atoms with Gasteiger partial charge >= 0.3 is 0 Å². The number of hydrogen-bond donors (Lipinski definition) is 1. The molecule has 19 heavy (non-hydrogen) atoms. The molecular formula is C13H18N4O2. The molecule has 0 radical (unpaired) electrons. The molecule has 0 unspecified atom stereocenters. The summed E-state index contributed by atoms with van der Waals surface area (Å²) in [7, 11) is 0. The average molecular weight is 262 g/mol. The molecule has 1 aromatic rings. The minimum absolute atomic E-state index is 0.0532. The van der Waals surface area contributed by atoms with Crippen LogP contribution in [0.3, 0.4) is 0 Å². The van der Waals surface area contributed by atoms with Crippen LogP contribution < -0.4 is 10.2 Å². The summed E-state index contributed by atoms with van der Waals surface area (Å²) in [5, 5.41) is 2.82. The number of nitrogens with one attached hydrogen (secondary N) is 1. The molecular weight excluding hydrogens is 244 g/mol. The van der Waals surface area contributed by atoms with Crippen LogP contribution in [0.4, 0.5) is 5.82 Å². The van der Waals surface area contributed by atoms with Crippen LogP contribution in [0.25, 0.3) is 0 Å². The van der Waals surface area contributed by atoms with Gasteiger partial charge in [0, 0.05) is 44.0 Å². The van der Waals surface area contributed by atoms with Crippen molar-refractivity contribution >= 4 is 11.7 Å². The molecule has 2 fully saturated rings. The molecule has 1 amide bonds. The summed E-state index contributed by atoms with van der Waals surface area (Å²) in [5.41, 5.74) is 1.07. The van der Waals surface area contributed by atoms with E-state index in [9.17, 15) is 4.79 Å². The Morgan fingerprint density at radius 2 is 2.16 bits per heavy atom. The third-order valence-corrected chi connectivity index (χ3v) is 3.68. The van der Waals surface area contributed by atoms with E-state index in [-0.39, 0.29) is 5.91 Å². The molecule has 2 aliphatic heterocycles. The molecule has 6 heteroatoms. The minimum atomic E-state index is 0.0532. The number of carbonyl (C=O) groups is 1. The molecule has 3 heterocycles. The summed E-state index contributed by atoms with van der Waals surface area (Å²) in [5.74, 6) is 1.36. The van der Waals surface area contributed by atoms with E-state index in [0.717, 1.165) is 44.1 Å². The zero-order chi connectivity index (χ0) is 13.1. The standard InChI is InChI=1S/C13H18N4O2/c18-13-8-17(4-3-14-13)12-7-11(15-9-16-12)10-1-5-19-6-2-10/h7,9-10H,1-6,8H2,(H,14,18). The highest BCUT2D eigenvalue weighted by molar-refractivity contribution is 5.82. The zero-order valence-corrected chi connectivity index (χ0v) is 10.8. The lowest BCUT2D eigenvalue weighted by atomic mass is 9.96. The van der Waals surface area contributed by atoms with Crippen LogP contribution in [0.5, 0.6) is 0 Å². The van der Waals surface area contributed by atoms with Gasteiger partial charge in [-0.1, -0.05) is 0 Å².